The normalized spacial score (nSPS) is 11.4. The lowest BCUT2D eigenvalue weighted by molar-refractivity contribution is -0.118. The molecule has 144 valence electrons. The molecule has 2 aromatic carbocycles. The fourth-order valence-corrected chi connectivity index (χ4v) is 3.62. The average Bonchev–Trinajstić information content (AvgIpc) is 3.45. The van der Waals surface area contributed by atoms with Crippen molar-refractivity contribution in [2.75, 3.05) is 0 Å². The third-order valence-corrected chi connectivity index (χ3v) is 5.18. The molecule has 0 bridgehead atoms. The SMILES string of the molecule is O=C(NCc1ccco1)/C(=C/c1cccs1)NC(=O)c1cccc2ccccc12. The number of hydrogen-bond acceptors (Lipinski definition) is 4. The minimum absolute atomic E-state index is 0.178. The van der Waals surface area contributed by atoms with E-state index < -0.39 is 0 Å². The van der Waals surface area contributed by atoms with Crippen LogP contribution in [0.1, 0.15) is 21.0 Å². The lowest BCUT2D eigenvalue weighted by atomic mass is 10.0. The van der Waals surface area contributed by atoms with Crippen LogP contribution in [0.4, 0.5) is 0 Å². The lowest BCUT2D eigenvalue weighted by Crippen LogP contribution is -2.34. The molecule has 2 heterocycles. The zero-order valence-electron chi connectivity index (χ0n) is 15.4. The molecule has 0 radical (unpaired) electrons. The Morgan fingerprint density at radius 2 is 1.83 bits per heavy atom. The summed E-state index contributed by atoms with van der Waals surface area (Å²) in [6.07, 6.45) is 3.22. The van der Waals surface area contributed by atoms with Crippen LogP contribution in [0.3, 0.4) is 0 Å². The molecule has 0 spiro atoms. The van der Waals surface area contributed by atoms with Gasteiger partial charge in [-0.05, 0) is 46.5 Å². The Balaban J connectivity index is 1.59. The maximum Gasteiger partial charge on any atom is 0.268 e. The van der Waals surface area contributed by atoms with Crippen molar-refractivity contribution in [2.24, 2.45) is 0 Å². The first-order chi connectivity index (χ1) is 14.2. The van der Waals surface area contributed by atoms with E-state index in [1.165, 1.54) is 11.3 Å². The van der Waals surface area contributed by atoms with Gasteiger partial charge in [0.15, 0.2) is 0 Å². The molecule has 0 aliphatic rings. The maximum absolute atomic E-state index is 13.0. The van der Waals surface area contributed by atoms with Crippen molar-refractivity contribution in [1.82, 2.24) is 10.6 Å². The molecule has 0 saturated heterocycles. The zero-order chi connectivity index (χ0) is 20.1. The molecule has 0 aliphatic heterocycles. The highest BCUT2D eigenvalue weighted by Gasteiger charge is 2.16. The van der Waals surface area contributed by atoms with Crippen LogP contribution in [0, 0.1) is 0 Å². The lowest BCUT2D eigenvalue weighted by Gasteiger charge is -2.11. The van der Waals surface area contributed by atoms with Crippen LogP contribution in [0.15, 0.2) is 88.5 Å². The fraction of sp³-hybridized carbons (Fsp3) is 0.0435. The van der Waals surface area contributed by atoms with Gasteiger partial charge in [0.1, 0.15) is 11.5 Å². The second kappa shape index (κ2) is 8.58. The molecule has 0 atom stereocenters. The number of furan rings is 1. The van der Waals surface area contributed by atoms with Crippen molar-refractivity contribution in [1.29, 1.82) is 0 Å². The van der Waals surface area contributed by atoms with Crippen LogP contribution >= 0.6 is 11.3 Å². The van der Waals surface area contributed by atoms with Gasteiger partial charge in [0.25, 0.3) is 11.8 Å². The predicted molar refractivity (Wildman–Crippen MR) is 114 cm³/mol. The Bertz CT molecular complexity index is 1160. The first-order valence-electron chi connectivity index (χ1n) is 9.05. The first-order valence-corrected chi connectivity index (χ1v) is 9.93. The number of carbonyl (C=O) groups excluding carboxylic acids is 2. The van der Waals surface area contributed by atoms with Crippen LogP contribution < -0.4 is 10.6 Å². The van der Waals surface area contributed by atoms with Gasteiger partial charge in [-0.3, -0.25) is 9.59 Å². The van der Waals surface area contributed by atoms with Gasteiger partial charge in [0, 0.05) is 10.4 Å². The van der Waals surface area contributed by atoms with Crippen LogP contribution in [0.25, 0.3) is 16.8 Å². The Kier molecular flexibility index (Phi) is 5.54. The van der Waals surface area contributed by atoms with Crippen LogP contribution in [0.2, 0.25) is 0 Å². The minimum Gasteiger partial charge on any atom is -0.467 e. The quantitative estimate of drug-likeness (QED) is 0.464. The fourth-order valence-electron chi connectivity index (χ4n) is 2.96. The zero-order valence-corrected chi connectivity index (χ0v) is 16.2. The minimum atomic E-state index is -0.386. The van der Waals surface area contributed by atoms with Crippen molar-refractivity contribution in [3.8, 4) is 0 Å². The Morgan fingerprint density at radius 1 is 0.966 bits per heavy atom. The molecular formula is C23H18N2O3S. The Labute approximate surface area is 171 Å². The molecule has 0 fully saturated rings. The maximum atomic E-state index is 13.0. The van der Waals surface area contributed by atoms with E-state index >= 15 is 0 Å². The smallest absolute Gasteiger partial charge is 0.268 e. The standard InChI is InChI=1S/C23H18N2O3S/c26-22(20-11-3-7-16-6-1-2-10-19(16)20)25-21(14-18-9-5-13-29-18)23(27)24-15-17-8-4-12-28-17/h1-14H,15H2,(H,24,27)(H,25,26)/b21-14-. The number of rotatable bonds is 6. The monoisotopic (exact) mass is 402 g/mol. The van der Waals surface area contributed by atoms with Gasteiger partial charge in [-0.25, -0.2) is 0 Å². The molecule has 0 unspecified atom stereocenters. The summed E-state index contributed by atoms with van der Waals surface area (Å²) in [6, 6.07) is 20.5. The molecule has 0 aliphatic carbocycles. The van der Waals surface area contributed by atoms with Crippen LogP contribution in [-0.2, 0) is 11.3 Å². The third kappa shape index (κ3) is 4.44. The molecule has 5 nitrogen and oxygen atoms in total. The third-order valence-electron chi connectivity index (χ3n) is 4.36. The van der Waals surface area contributed by atoms with Gasteiger partial charge < -0.3 is 15.1 Å². The predicted octanol–water partition coefficient (Wildman–Crippen LogP) is 4.58. The number of hydrogen-bond donors (Lipinski definition) is 2. The van der Waals surface area contributed by atoms with Crippen molar-refractivity contribution in [3.63, 3.8) is 0 Å². The van der Waals surface area contributed by atoms with E-state index in [9.17, 15) is 9.59 Å². The van der Waals surface area contributed by atoms with Crippen LogP contribution in [0.5, 0.6) is 0 Å². The molecule has 29 heavy (non-hydrogen) atoms. The van der Waals surface area contributed by atoms with Gasteiger partial charge in [-0.15, -0.1) is 11.3 Å². The van der Waals surface area contributed by atoms with Gasteiger partial charge in [-0.2, -0.15) is 0 Å². The van der Waals surface area contributed by atoms with Crippen LogP contribution in [-0.4, -0.2) is 11.8 Å². The number of carbonyl (C=O) groups is 2. The van der Waals surface area contributed by atoms with Crippen molar-refractivity contribution in [2.45, 2.75) is 6.54 Å². The van der Waals surface area contributed by atoms with Gasteiger partial charge in [0.2, 0.25) is 0 Å². The van der Waals surface area contributed by atoms with Gasteiger partial charge in [-0.1, -0.05) is 42.5 Å². The van der Waals surface area contributed by atoms with E-state index in [1.807, 2.05) is 53.9 Å². The molecule has 4 aromatic rings. The first kappa shape index (κ1) is 18.7. The second-order valence-corrected chi connectivity index (χ2v) is 7.30. The van der Waals surface area contributed by atoms with Crippen molar-refractivity contribution < 1.29 is 14.0 Å². The molecule has 2 aromatic heterocycles. The molecule has 4 rings (SSSR count). The summed E-state index contributed by atoms with van der Waals surface area (Å²) in [5.41, 5.74) is 0.691. The highest BCUT2D eigenvalue weighted by Crippen LogP contribution is 2.19. The number of amides is 2. The Morgan fingerprint density at radius 3 is 2.62 bits per heavy atom. The number of nitrogens with one attached hydrogen (secondary N) is 2. The van der Waals surface area contributed by atoms with E-state index in [4.69, 9.17) is 4.42 Å². The molecule has 2 amide bonds. The summed E-state index contributed by atoms with van der Waals surface area (Å²) in [6.45, 7) is 0.234. The van der Waals surface area contributed by atoms with E-state index in [2.05, 4.69) is 10.6 Å². The Hall–Kier alpha value is -3.64. The van der Waals surface area contributed by atoms with Gasteiger partial charge >= 0.3 is 0 Å². The molecule has 2 N–H and O–H groups in total. The second-order valence-electron chi connectivity index (χ2n) is 6.32. The summed E-state index contributed by atoms with van der Waals surface area (Å²) in [4.78, 5) is 26.6. The molecular weight excluding hydrogens is 384 g/mol. The van der Waals surface area contributed by atoms with E-state index in [0.29, 0.717) is 11.3 Å². The summed E-state index contributed by atoms with van der Waals surface area (Å²) >= 11 is 1.48. The largest absolute Gasteiger partial charge is 0.467 e. The number of fused-ring (bicyclic) bond motifs is 1. The topological polar surface area (TPSA) is 71.3 Å². The highest BCUT2D eigenvalue weighted by molar-refractivity contribution is 7.10. The van der Waals surface area contributed by atoms with E-state index in [0.717, 1.165) is 15.6 Å². The summed E-state index contributed by atoms with van der Waals surface area (Å²) in [7, 11) is 0. The number of thiophene rings is 1. The average molecular weight is 402 g/mol. The number of benzene rings is 2. The molecule has 6 heteroatoms. The van der Waals surface area contributed by atoms with Gasteiger partial charge in [0.05, 0.1) is 12.8 Å². The summed E-state index contributed by atoms with van der Waals surface area (Å²) in [5, 5.41) is 9.27. The summed E-state index contributed by atoms with van der Waals surface area (Å²) < 4.78 is 5.25. The molecule has 0 saturated carbocycles. The highest BCUT2D eigenvalue weighted by atomic mass is 32.1. The van der Waals surface area contributed by atoms with E-state index in [1.54, 1.807) is 30.5 Å². The van der Waals surface area contributed by atoms with Crippen molar-refractivity contribution >= 4 is 40.0 Å². The van der Waals surface area contributed by atoms with E-state index in [-0.39, 0.29) is 24.1 Å². The van der Waals surface area contributed by atoms with Crippen molar-refractivity contribution in [3.05, 3.63) is 100 Å². The summed E-state index contributed by atoms with van der Waals surface area (Å²) in [5.74, 6) is -0.0876.